The van der Waals surface area contributed by atoms with Crippen molar-refractivity contribution in [1.29, 1.82) is 0 Å². The normalized spacial score (nSPS) is 10.9. The Morgan fingerprint density at radius 2 is 2.04 bits per heavy atom. The molecule has 0 saturated carbocycles. The van der Waals surface area contributed by atoms with Crippen LogP contribution >= 0.6 is 11.6 Å². The van der Waals surface area contributed by atoms with Crippen molar-refractivity contribution in [2.75, 3.05) is 12.4 Å². The van der Waals surface area contributed by atoms with Gasteiger partial charge in [-0.2, -0.15) is 0 Å². The molecule has 0 atom stereocenters. The summed E-state index contributed by atoms with van der Waals surface area (Å²) in [4.78, 5) is 22.7. The molecule has 2 aromatic carbocycles. The van der Waals surface area contributed by atoms with E-state index in [-0.39, 0.29) is 11.8 Å². The van der Waals surface area contributed by atoms with Crippen molar-refractivity contribution in [3.8, 4) is 11.5 Å². The van der Waals surface area contributed by atoms with Crippen molar-refractivity contribution in [3.63, 3.8) is 0 Å². The van der Waals surface area contributed by atoms with Crippen molar-refractivity contribution in [1.82, 2.24) is 0 Å². The van der Waals surface area contributed by atoms with Crippen LogP contribution in [0.25, 0.3) is 6.08 Å². The molecule has 148 valence electrons. The number of anilines is 1. The maximum absolute atomic E-state index is 12.2. The van der Waals surface area contributed by atoms with Gasteiger partial charge in [-0.25, -0.2) is 0 Å². The number of ether oxygens (including phenoxy) is 2. The van der Waals surface area contributed by atoms with Gasteiger partial charge in [-0.15, -0.1) is 0 Å². The van der Waals surface area contributed by atoms with Gasteiger partial charge in [0.1, 0.15) is 0 Å². The lowest BCUT2D eigenvalue weighted by molar-refractivity contribution is -0.385. The first-order valence-electron chi connectivity index (χ1n) is 8.50. The predicted molar refractivity (Wildman–Crippen MR) is 109 cm³/mol. The molecule has 0 heterocycles. The minimum Gasteiger partial charge on any atom is -0.493 e. The van der Waals surface area contributed by atoms with Crippen LogP contribution in [0.4, 0.5) is 11.4 Å². The van der Waals surface area contributed by atoms with Crippen LogP contribution < -0.4 is 14.8 Å². The highest BCUT2D eigenvalue weighted by Gasteiger charge is 2.15. The molecule has 1 amide bonds. The van der Waals surface area contributed by atoms with Gasteiger partial charge >= 0.3 is 0 Å². The number of hydrogen-bond acceptors (Lipinski definition) is 5. The molecule has 28 heavy (non-hydrogen) atoms. The number of nitrogens with one attached hydrogen (secondary N) is 1. The van der Waals surface area contributed by atoms with Gasteiger partial charge in [0.2, 0.25) is 5.91 Å². The standard InChI is InChI=1S/C20H21ClN2O5/c1-12(2)28-20-15(21)10-14(11-18(20)27-4)8-9-19(24)22-16-6-5-7-17(13(16)3)23(25)26/h5-12H,1-4H3,(H,22,24)/b9-8+. The zero-order valence-corrected chi connectivity index (χ0v) is 16.7. The van der Waals surface area contributed by atoms with Gasteiger partial charge in [-0.3, -0.25) is 14.9 Å². The first-order valence-corrected chi connectivity index (χ1v) is 8.88. The second-order valence-electron chi connectivity index (χ2n) is 6.23. The van der Waals surface area contributed by atoms with E-state index in [1.807, 2.05) is 13.8 Å². The minimum absolute atomic E-state index is 0.0564. The van der Waals surface area contributed by atoms with E-state index < -0.39 is 10.8 Å². The number of nitrogens with zero attached hydrogens (tertiary/aromatic N) is 1. The Kier molecular flexibility index (Phi) is 7.00. The highest BCUT2D eigenvalue weighted by atomic mass is 35.5. The Balaban J connectivity index is 2.20. The van der Waals surface area contributed by atoms with Gasteiger partial charge in [0, 0.05) is 12.1 Å². The second kappa shape index (κ2) is 9.23. The largest absolute Gasteiger partial charge is 0.493 e. The maximum Gasteiger partial charge on any atom is 0.274 e. The smallest absolute Gasteiger partial charge is 0.274 e. The van der Waals surface area contributed by atoms with Gasteiger partial charge in [-0.1, -0.05) is 17.7 Å². The number of amides is 1. The van der Waals surface area contributed by atoms with Crippen LogP contribution in [0.1, 0.15) is 25.0 Å². The number of hydrogen-bond donors (Lipinski definition) is 1. The van der Waals surface area contributed by atoms with E-state index in [1.165, 1.54) is 25.3 Å². The Labute approximate surface area is 168 Å². The third-order valence-electron chi connectivity index (χ3n) is 3.79. The molecule has 0 aliphatic rings. The topological polar surface area (TPSA) is 90.7 Å². The minimum atomic E-state index is -0.490. The lowest BCUT2D eigenvalue weighted by atomic mass is 10.1. The average Bonchev–Trinajstić information content (AvgIpc) is 2.63. The van der Waals surface area contributed by atoms with Crippen molar-refractivity contribution in [2.45, 2.75) is 26.9 Å². The van der Waals surface area contributed by atoms with E-state index in [1.54, 1.807) is 31.2 Å². The SMILES string of the molecule is COc1cc(/C=C/C(=O)Nc2cccc([N+](=O)[O-])c2C)cc(Cl)c1OC(C)C. The summed E-state index contributed by atoms with van der Waals surface area (Å²) in [6, 6.07) is 7.86. The molecule has 1 N–H and O–H groups in total. The molecule has 7 nitrogen and oxygen atoms in total. The number of nitro benzene ring substituents is 1. The Hall–Kier alpha value is -3.06. The van der Waals surface area contributed by atoms with E-state index in [2.05, 4.69) is 5.32 Å². The summed E-state index contributed by atoms with van der Waals surface area (Å²) in [7, 11) is 1.50. The van der Waals surface area contributed by atoms with Gasteiger partial charge < -0.3 is 14.8 Å². The van der Waals surface area contributed by atoms with Gasteiger partial charge in [0.05, 0.1) is 34.4 Å². The van der Waals surface area contributed by atoms with Gasteiger partial charge in [0.25, 0.3) is 5.69 Å². The van der Waals surface area contributed by atoms with Crippen LogP contribution in [-0.4, -0.2) is 24.0 Å². The molecule has 0 aliphatic carbocycles. The Morgan fingerprint density at radius 1 is 1.32 bits per heavy atom. The maximum atomic E-state index is 12.2. The quantitative estimate of drug-likeness (QED) is 0.398. The van der Waals surface area contributed by atoms with Crippen LogP contribution in [0, 0.1) is 17.0 Å². The summed E-state index contributed by atoms with van der Waals surface area (Å²) in [5.74, 6) is 0.463. The zero-order valence-electron chi connectivity index (χ0n) is 16.0. The number of halogens is 1. The third-order valence-corrected chi connectivity index (χ3v) is 4.07. The second-order valence-corrected chi connectivity index (χ2v) is 6.64. The first kappa shape index (κ1) is 21.2. The first-order chi connectivity index (χ1) is 13.2. The monoisotopic (exact) mass is 404 g/mol. The summed E-state index contributed by atoms with van der Waals surface area (Å²) in [6.07, 6.45) is 2.80. The number of carbonyl (C=O) groups is 1. The fourth-order valence-electron chi connectivity index (χ4n) is 2.49. The number of rotatable bonds is 7. The van der Waals surface area contributed by atoms with Crippen LogP contribution in [0.5, 0.6) is 11.5 Å². The summed E-state index contributed by atoms with van der Waals surface area (Å²) >= 11 is 6.27. The molecule has 2 aromatic rings. The van der Waals surface area contributed by atoms with Crippen molar-refractivity contribution < 1.29 is 19.2 Å². The lowest BCUT2D eigenvalue weighted by Gasteiger charge is -2.15. The number of benzene rings is 2. The molecular weight excluding hydrogens is 384 g/mol. The van der Waals surface area contributed by atoms with Crippen molar-refractivity contribution in [3.05, 3.63) is 62.7 Å². The van der Waals surface area contributed by atoms with Crippen LogP contribution in [-0.2, 0) is 4.79 Å². The summed E-state index contributed by atoms with van der Waals surface area (Å²) in [5, 5.41) is 14.0. The van der Waals surface area contributed by atoms with Crippen molar-refractivity contribution in [2.24, 2.45) is 0 Å². The lowest BCUT2D eigenvalue weighted by Crippen LogP contribution is -2.09. The summed E-state index contributed by atoms with van der Waals surface area (Å²) in [5.41, 5.74) is 1.34. The van der Waals surface area contributed by atoms with E-state index in [4.69, 9.17) is 21.1 Å². The van der Waals surface area contributed by atoms with E-state index in [0.717, 1.165) is 0 Å². The van der Waals surface area contributed by atoms with E-state index in [0.29, 0.717) is 33.3 Å². The fraction of sp³-hybridized carbons (Fsp3) is 0.250. The highest BCUT2D eigenvalue weighted by Crippen LogP contribution is 2.37. The summed E-state index contributed by atoms with van der Waals surface area (Å²) < 4.78 is 11.0. The third kappa shape index (κ3) is 5.23. The molecule has 2 rings (SSSR count). The molecule has 0 aromatic heterocycles. The molecule has 0 saturated heterocycles. The van der Waals surface area contributed by atoms with Crippen LogP contribution in [0.15, 0.2) is 36.4 Å². The molecule has 8 heteroatoms. The van der Waals surface area contributed by atoms with E-state index in [9.17, 15) is 14.9 Å². The number of nitro groups is 1. The molecule has 0 fully saturated rings. The predicted octanol–water partition coefficient (Wildman–Crippen LogP) is 5.00. The Bertz CT molecular complexity index is 925. The molecular formula is C20H21ClN2O5. The number of methoxy groups -OCH3 is 1. The molecule has 0 radical (unpaired) electrons. The van der Waals surface area contributed by atoms with Crippen LogP contribution in [0.2, 0.25) is 5.02 Å². The van der Waals surface area contributed by atoms with E-state index >= 15 is 0 Å². The molecule has 0 unspecified atom stereocenters. The summed E-state index contributed by atoms with van der Waals surface area (Å²) in [6.45, 7) is 5.34. The highest BCUT2D eigenvalue weighted by molar-refractivity contribution is 6.32. The van der Waals surface area contributed by atoms with Crippen molar-refractivity contribution >= 4 is 35.0 Å². The van der Waals surface area contributed by atoms with Gasteiger partial charge in [-0.05, 0) is 50.6 Å². The van der Waals surface area contributed by atoms with Crippen LogP contribution in [0.3, 0.4) is 0 Å². The molecule has 0 aliphatic heterocycles. The molecule has 0 bridgehead atoms. The van der Waals surface area contributed by atoms with Gasteiger partial charge in [0.15, 0.2) is 11.5 Å². The number of carbonyl (C=O) groups excluding carboxylic acids is 1. The Morgan fingerprint density at radius 3 is 2.64 bits per heavy atom. The zero-order chi connectivity index (χ0) is 20.8. The molecule has 0 spiro atoms. The average molecular weight is 405 g/mol. The fourth-order valence-corrected chi connectivity index (χ4v) is 2.75.